The zero-order valence-corrected chi connectivity index (χ0v) is 11.1. The van der Waals surface area contributed by atoms with Gasteiger partial charge < -0.3 is 16.4 Å². The molecule has 1 fully saturated rings. The van der Waals surface area contributed by atoms with Crippen LogP contribution in [0.5, 0.6) is 0 Å². The molecule has 5 nitrogen and oxygen atoms in total. The molecule has 108 valence electrons. The van der Waals surface area contributed by atoms with Crippen LogP contribution in [0.25, 0.3) is 0 Å². The molecule has 1 aliphatic rings. The Morgan fingerprint density at radius 3 is 2.70 bits per heavy atom. The fraction of sp³-hybridized carbons (Fsp3) is 0.429. The Morgan fingerprint density at radius 2 is 2.05 bits per heavy atom. The van der Waals surface area contributed by atoms with Crippen LogP contribution in [0.2, 0.25) is 0 Å². The van der Waals surface area contributed by atoms with Gasteiger partial charge in [-0.05, 0) is 50.0 Å². The summed E-state index contributed by atoms with van der Waals surface area (Å²) in [7, 11) is 0. The van der Waals surface area contributed by atoms with Crippen LogP contribution >= 0.6 is 0 Å². The van der Waals surface area contributed by atoms with Gasteiger partial charge in [0, 0.05) is 12.1 Å². The largest absolute Gasteiger partial charge is 0.366 e. The van der Waals surface area contributed by atoms with Crippen molar-refractivity contribution in [2.75, 3.05) is 18.4 Å². The predicted octanol–water partition coefficient (Wildman–Crippen LogP) is 1.25. The number of primary amides is 1. The first kappa shape index (κ1) is 14.5. The van der Waals surface area contributed by atoms with E-state index in [1.54, 1.807) is 0 Å². The summed E-state index contributed by atoms with van der Waals surface area (Å²) < 4.78 is 13.3. The minimum absolute atomic E-state index is 0.126. The van der Waals surface area contributed by atoms with Gasteiger partial charge in [-0.3, -0.25) is 9.59 Å². The Balaban J connectivity index is 1.96. The molecule has 1 heterocycles. The van der Waals surface area contributed by atoms with Crippen LogP contribution in [0.1, 0.15) is 29.6 Å². The molecule has 2 rings (SSSR count). The molecule has 0 bridgehead atoms. The van der Waals surface area contributed by atoms with E-state index >= 15 is 0 Å². The summed E-state index contributed by atoms with van der Waals surface area (Å²) in [6, 6.07) is 3.81. The zero-order valence-electron chi connectivity index (χ0n) is 11.1. The molecule has 1 aromatic carbocycles. The van der Waals surface area contributed by atoms with E-state index in [2.05, 4.69) is 10.6 Å². The minimum atomic E-state index is -0.850. The predicted molar refractivity (Wildman–Crippen MR) is 73.8 cm³/mol. The Labute approximate surface area is 116 Å². The number of nitrogens with one attached hydrogen (secondary N) is 2. The van der Waals surface area contributed by atoms with E-state index in [-0.39, 0.29) is 11.5 Å². The molecule has 6 heteroatoms. The van der Waals surface area contributed by atoms with Gasteiger partial charge in [-0.1, -0.05) is 0 Å². The van der Waals surface area contributed by atoms with Crippen molar-refractivity contribution in [1.29, 1.82) is 0 Å². The SMILES string of the molecule is NC(=O)c1cc(NC(=O)CC2CCNCC2)ccc1F. The summed E-state index contributed by atoms with van der Waals surface area (Å²) in [5.74, 6) is -1.29. The smallest absolute Gasteiger partial charge is 0.251 e. The number of hydrogen-bond donors (Lipinski definition) is 3. The van der Waals surface area contributed by atoms with E-state index in [0.29, 0.717) is 18.0 Å². The highest BCUT2D eigenvalue weighted by Gasteiger charge is 2.17. The lowest BCUT2D eigenvalue weighted by Crippen LogP contribution is -2.30. The standard InChI is InChI=1S/C14H18FN3O2/c15-12-2-1-10(8-11(12)14(16)20)18-13(19)7-9-3-5-17-6-4-9/h1-2,8-9,17H,3-7H2,(H2,16,20)(H,18,19). The van der Waals surface area contributed by atoms with Crippen LogP contribution in [0, 0.1) is 11.7 Å². The maximum absolute atomic E-state index is 13.3. The molecule has 1 aromatic rings. The first-order valence-corrected chi connectivity index (χ1v) is 6.66. The van der Waals surface area contributed by atoms with Gasteiger partial charge in [0.2, 0.25) is 5.91 Å². The Bertz CT molecular complexity index is 513. The average Bonchev–Trinajstić information content (AvgIpc) is 2.41. The van der Waals surface area contributed by atoms with Crippen molar-refractivity contribution in [1.82, 2.24) is 5.32 Å². The molecule has 4 N–H and O–H groups in total. The maximum atomic E-state index is 13.3. The fourth-order valence-corrected chi connectivity index (χ4v) is 2.35. The van der Waals surface area contributed by atoms with Crippen molar-refractivity contribution in [3.63, 3.8) is 0 Å². The minimum Gasteiger partial charge on any atom is -0.366 e. The molecule has 0 aromatic heterocycles. The van der Waals surface area contributed by atoms with Gasteiger partial charge >= 0.3 is 0 Å². The third-order valence-corrected chi connectivity index (χ3v) is 3.45. The van der Waals surface area contributed by atoms with Crippen molar-refractivity contribution in [3.8, 4) is 0 Å². The molecule has 0 aliphatic carbocycles. The molecule has 1 saturated heterocycles. The van der Waals surface area contributed by atoms with Gasteiger partial charge in [0.15, 0.2) is 0 Å². The van der Waals surface area contributed by atoms with Crippen molar-refractivity contribution < 1.29 is 14.0 Å². The number of carbonyl (C=O) groups is 2. The molecule has 0 unspecified atom stereocenters. The number of hydrogen-bond acceptors (Lipinski definition) is 3. The Morgan fingerprint density at radius 1 is 1.35 bits per heavy atom. The number of nitrogens with two attached hydrogens (primary N) is 1. The second kappa shape index (κ2) is 6.47. The number of benzene rings is 1. The van der Waals surface area contributed by atoms with E-state index in [0.717, 1.165) is 32.0 Å². The lowest BCUT2D eigenvalue weighted by molar-refractivity contribution is -0.117. The summed E-state index contributed by atoms with van der Waals surface area (Å²) in [5, 5.41) is 5.92. The Kier molecular flexibility index (Phi) is 4.68. The van der Waals surface area contributed by atoms with E-state index in [1.807, 2.05) is 0 Å². The summed E-state index contributed by atoms with van der Waals surface area (Å²) in [5.41, 5.74) is 5.24. The van der Waals surface area contributed by atoms with Gasteiger partial charge in [0.25, 0.3) is 5.91 Å². The van der Waals surface area contributed by atoms with Crippen LogP contribution in [0.15, 0.2) is 18.2 Å². The van der Waals surface area contributed by atoms with Crippen LogP contribution in [0.3, 0.4) is 0 Å². The molecule has 0 radical (unpaired) electrons. The summed E-state index contributed by atoms with van der Waals surface area (Å²) >= 11 is 0. The third-order valence-electron chi connectivity index (χ3n) is 3.45. The first-order chi connectivity index (χ1) is 9.56. The number of carbonyl (C=O) groups excluding carboxylic acids is 2. The highest BCUT2D eigenvalue weighted by molar-refractivity contribution is 5.96. The van der Waals surface area contributed by atoms with Gasteiger partial charge in [0.1, 0.15) is 5.82 Å². The lowest BCUT2D eigenvalue weighted by atomic mass is 9.94. The van der Waals surface area contributed by atoms with Crippen LogP contribution in [-0.4, -0.2) is 24.9 Å². The molecule has 2 amide bonds. The van der Waals surface area contributed by atoms with Gasteiger partial charge in [-0.2, -0.15) is 0 Å². The third kappa shape index (κ3) is 3.77. The summed E-state index contributed by atoms with van der Waals surface area (Å²) in [4.78, 5) is 22.9. The van der Waals surface area contributed by atoms with Gasteiger partial charge in [-0.25, -0.2) is 4.39 Å². The molecule has 0 saturated carbocycles. The number of anilines is 1. The maximum Gasteiger partial charge on any atom is 0.251 e. The molecule has 0 atom stereocenters. The summed E-state index contributed by atoms with van der Waals surface area (Å²) in [6.07, 6.45) is 2.39. The summed E-state index contributed by atoms with van der Waals surface area (Å²) in [6.45, 7) is 1.86. The number of amides is 2. The van der Waals surface area contributed by atoms with Crippen molar-refractivity contribution in [2.45, 2.75) is 19.3 Å². The van der Waals surface area contributed by atoms with Crippen LogP contribution in [-0.2, 0) is 4.79 Å². The van der Waals surface area contributed by atoms with Gasteiger partial charge in [-0.15, -0.1) is 0 Å². The first-order valence-electron chi connectivity index (χ1n) is 6.66. The molecule has 1 aliphatic heterocycles. The fourth-order valence-electron chi connectivity index (χ4n) is 2.35. The molecular weight excluding hydrogens is 261 g/mol. The molecular formula is C14H18FN3O2. The topological polar surface area (TPSA) is 84.2 Å². The lowest BCUT2D eigenvalue weighted by Gasteiger charge is -2.21. The number of piperidine rings is 1. The second-order valence-corrected chi connectivity index (χ2v) is 5.00. The number of rotatable bonds is 4. The van der Waals surface area contributed by atoms with Crippen molar-refractivity contribution in [2.24, 2.45) is 11.7 Å². The highest BCUT2D eigenvalue weighted by atomic mass is 19.1. The monoisotopic (exact) mass is 279 g/mol. The van der Waals surface area contributed by atoms with Crippen molar-refractivity contribution in [3.05, 3.63) is 29.6 Å². The molecule has 0 spiro atoms. The molecule has 20 heavy (non-hydrogen) atoms. The quantitative estimate of drug-likeness (QED) is 0.775. The van der Waals surface area contributed by atoms with E-state index < -0.39 is 11.7 Å². The average molecular weight is 279 g/mol. The van der Waals surface area contributed by atoms with Crippen LogP contribution < -0.4 is 16.4 Å². The van der Waals surface area contributed by atoms with E-state index in [9.17, 15) is 14.0 Å². The zero-order chi connectivity index (χ0) is 14.5. The Hall–Kier alpha value is -1.95. The van der Waals surface area contributed by atoms with Crippen LogP contribution in [0.4, 0.5) is 10.1 Å². The van der Waals surface area contributed by atoms with E-state index in [1.165, 1.54) is 12.1 Å². The van der Waals surface area contributed by atoms with Gasteiger partial charge in [0.05, 0.1) is 5.56 Å². The second-order valence-electron chi connectivity index (χ2n) is 5.00. The number of halogens is 1. The van der Waals surface area contributed by atoms with Crippen molar-refractivity contribution >= 4 is 17.5 Å². The highest BCUT2D eigenvalue weighted by Crippen LogP contribution is 2.18. The normalized spacial score (nSPS) is 15.8. The van der Waals surface area contributed by atoms with E-state index in [4.69, 9.17) is 5.73 Å².